The largest absolute Gasteiger partial charge is 0.483 e. The van der Waals surface area contributed by atoms with Gasteiger partial charge in [0.25, 0.3) is 5.91 Å². The molecule has 2 bridgehead atoms. The second-order valence-corrected chi connectivity index (χ2v) is 8.40. The second-order valence-electron chi connectivity index (χ2n) is 8.40. The number of aromatic amines is 1. The number of H-pyrrole nitrogens is 1. The molecule has 0 aliphatic carbocycles. The quantitative estimate of drug-likeness (QED) is 0.656. The molecule has 4 rings (SSSR count). The summed E-state index contributed by atoms with van der Waals surface area (Å²) in [5.41, 5.74) is 5.04. The minimum absolute atomic E-state index is 0.00945. The number of amides is 1. The lowest BCUT2D eigenvalue weighted by atomic mass is 10.1. The number of benzene rings is 1. The van der Waals surface area contributed by atoms with E-state index in [1.807, 2.05) is 37.1 Å². The Balaban J connectivity index is 1.77. The summed E-state index contributed by atoms with van der Waals surface area (Å²) in [6, 6.07) is 8.20. The molecule has 3 aromatic rings. The zero-order valence-corrected chi connectivity index (χ0v) is 18.7. The van der Waals surface area contributed by atoms with Crippen molar-refractivity contribution in [2.45, 2.75) is 39.8 Å². The van der Waals surface area contributed by atoms with E-state index in [0.717, 1.165) is 53.2 Å². The summed E-state index contributed by atoms with van der Waals surface area (Å²) in [4.78, 5) is 24.9. The summed E-state index contributed by atoms with van der Waals surface area (Å²) in [6.45, 7) is 8.41. The predicted molar refractivity (Wildman–Crippen MR) is 124 cm³/mol. The minimum Gasteiger partial charge on any atom is -0.483 e. The highest BCUT2D eigenvalue weighted by molar-refractivity contribution is 5.94. The van der Waals surface area contributed by atoms with Crippen LogP contribution in [0.1, 0.15) is 31.9 Å². The Hall–Kier alpha value is -3.06. The van der Waals surface area contributed by atoms with Gasteiger partial charge < -0.3 is 24.8 Å². The van der Waals surface area contributed by atoms with Crippen LogP contribution in [0.2, 0.25) is 0 Å². The molecule has 2 aromatic heterocycles. The van der Waals surface area contributed by atoms with Gasteiger partial charge in [-0.3, -0.25) is 4.79 Å². The first-order chi connectivity index (χ1) is 15.0. The number of aryl methyl sites for hydroxylation is 1. The molecule has 1 aliphatic heterocycles. The summed E-state index contributed by atoms with van der Waals surface area (Å²) in [7, 11) is 2.08. The molecular weight excluding hydrogens is 390 g/mol. The third-order valence-electron chi connectivity index (χ3n) is 5.84. The van der Waals surface area contributed by atoms with Crippen LogP contribution >= 0.6 is 0 Å². The Morgan fingerprint density at radius 1 is 1.23 bits per heavy atom. The van der Waals surface area contributed by atoms with E-state index >= 15 is 0 Å². The average molecular weight is 422 g/mol. The summed E-state index contributed by atoms with van der Waals surface area (Å²) >= 11 is 0. The Labute approximate surface area is 183 Å². The zero-order valence-electron chi connectivity index (χ0n) is 18.7. The molecule has 0 saturated carbocycles. The third-order valence-corrected chi connectivity index (χ3v) is 5.84. The SMILES string of the molecule is CCc1ccc2cc1OCC(=O)N(C(C)C)CCN(C)Cc1c[nH]c3nccc(c13)N2. The number of ether oxygens (including phenoxy) is 1. The summed E-state index contributed by atoms with van der Waals surface area (Å²) in [5, 5.41) is 4.62. The highest BCUT2D eigenvalue weighted by Crippen LogP contribution is 2.31. The number of rotatable bonds is 2. The van der Waals surface area contributed by atoms with Crippen molar-refractivity contribution in [1.29, 1.82) is 0 Å². The number of anilines is 2. The molecule has 7 nitrogen and oxygen atoms in total. The van der Waals surface area contributed by atoms with Gasteiger partial charge in [-0.15, -0.1) is 0 Å². The van der Waals surface area contributed by atoms with E-state index in [1.54, 1.807) is 6.20 Å². The molecule has 1 aromatic carbocycles. The monoisotopic (exact) mass is 421 g/mol. The molecule has 2 N–H and O–H groups in total. The van der Waals surface area contributed by atoms with Crippen LogP contribution in [0.3, 0.4) is 0 Å². The maximum Gasteiger partial charge on any atom is 0.260 e. The number of likely N-dealkylation sites (N-methyl/N-ethyl adjacent to an activating group) is 1. The Morgan fingerprint density at radius 3 is 2.84 bits per heavy atom. The van der Waals surface area contributed by atoms with Crippen LogP contribution in [-0.2, 0) is 17.8 Å². The van der Waals surface area contributed by atoms with Crippen LogP contribution in [0, 0.1) is 0 Å². The lowest BCUT2D eigenvalue weighted by Gasteiger charge is -2.29. The van der Waals surface area contributed by atoms with Gasteiger partial charge in [-0.2, -0.15) is 0 Å². The molecule has 0 spiro atoms. The van der Waals surface area contributed by atoms with Gasteiger partial charge in [0, 0.05) is 55.2 Å². The maximum atomic E-state index is 12.9. The first kappa shape index (κ1) is 21.2. The van der Waals surface area contributed by atoms with Crippen molar-refractivity contribution in [3.63, 3.8) is 0 Å². The number of nitrogens with zero attached hydrogens (tertiary/aromatic N) is 3. The van der Waals surface area contributed by atoms with E-state index in [-0.39, 0.29) is 18.6 Å². The summed E-state index contributed by atoms with van der Waals surface area (Å²) < 4.78 is 6.03. The number of aromatic nitrogens is 2. The Kier molecular flexibility index (Phi) is 6.13. The van der Waals surface area contributed by atoms with Gasteiger partial charge >= 0.3 is 0 Å². The molecule has 31 heavy (non-hydrogen) atoms. The number of nitrogens with one attached hydrogen (secondary N) is 2. The molecule has 0 fully saturated rings. The van der Waals surface area contributed by atoms with Gasteiger partial charge in [0.05, 0.1) is 5.69 Å². The van der Waals surface area contributed by atoms with E-state index in [4.69, 9.17) is 4.74 Å². The van der Waals surface area contributed by atoms with Crippen molar-refractivity contribution < 1.29 is 9.53 Å². The van der Waals surface area contributed by atoms with Gasteiger partial charge in [0.15, 0.2) is 6.61 Å². The van der Waals surface area contributed by atoms with E-state index in [0.29, 0.717) is 6.54 Å². The molecule has 1 amide bonds. The van der Waals surface area contributed by atoms with Crippen molar-refractivity contribution in [1.82, 2.24) is 19.8 Å². The van der Waals surface area contributed by atoms with Crippen LogP contribution in [0.4, 0.5) is 11.4 Å². The van der Waals surface area contributed by atoms with Crippen LogP contribution in [0.25, 0.3) is 11.0 Å². The second kappa shape index (κ2) is 8.98. The predicted octanol–water partition coefficient (Wildman–Crippen LogP) is 3.93. The van der Waals surface area contributed by atoms with Crippen molar-refractivity contribution in [2.24, 2.45) is 0 Å². The number of hydrogen-bond acceptors (Lipinski definition) is 5. The third kappa shape index (κ3) is 4.51. The molecule has 0 unspecified atom stereocenters. The van der Waals surface area contributed by atoms with Crippen molar-refractivity contribution in [2.75, 3.05) is 32.1 Å². The van der Waals surface area contributed by atoms with Crippen molar-refractivity contribution in [3.8, 4) is 5.75 Å². The van der Waals surface area contributed by atoms with E-state index in [1.165, 1.54) is 5.56 Å². The zero-order chi connectivity index (χ0) is 22.0. The number of carbonyl (C=O) groups is 1. The molecule has 164 valence electrons. The Bertz CT molecular complexity index is 1080. The topological polar surface area (TPSA) is 73.5 Å². The lowest BCUT2D eigenvalue weighted by molar-refractivity contribution is -0.135. The fourth-order valence-corrected chi connectivity index (χ4v) is 4.11. The maximum absolute atomic E-state index is 12.9. The fourth-order valence-electron chi connectivity index (χ4n) is 4.11. The average Bonchev–Trinajstić information content (AvgIpc) is 3.15. The molecule has 1 aliphatic rings. The summed E-state index contributed by atoms with van der Waals surface area (Å²) in [6.07, 6.45) is 4.67. The van der Waals surface area contributed by atoms with E-state index in [2.05, 4.69) is 46.3 Å². The molecule has 0 atom stereocenters. The smallest absolute Gasteiger partial charge is 0.260 e. The lowest BCUT2D eigenvalue weighted by Crippen LogP contribution is -2.43. The number of hydrogen-bond donors (Lipinski definition) is 2. The van der Waals surface area contributed by atoms with Crippen molar-refractivity contribution >= 4 is 28.3 Å². The number of pyridine rings is 1. The molecule has 0 radical (unpaired) electrons. The first-order valence-electron chi connectivity index (χ1n) is 10.9. The van der Waals surface area contributed by atoms with Crippen LogP contribution in [-0.4, -0.2) is 58.5 Å². The Morgan fingerprint density at radius 2 is 2.06 bits per heavy atom. The molecule has 0 saturated heterocycles. The molecular formula is C24H31N5O2. The standard InChI is InChI=1S/C24H31N5O2/c1-5-17-6-7-19-12-21(17)31-15-22(30)29(16(2)3)11-10-28(4)14-18-13-26-24-23(18)20(27-19)8-9-25-24/h6-9,12-13,16,27H,5,10-11,14-15H2,1-4H3,(H,25,26). The van der Waals surface area contributed by atoms with Gasteiger partial charge in [0.1, 0.15) is 11.4 Å². The van der Waals surface area contributed by atoms with Crippen LogP contribution < -0.4 is 10.1 Å². The highest BCUT2D eigenvalue weighted by atomic mass is 16.5. The minimum atomic E-state index is 0.00945. The van der Waals surface area contributed by atoms with Crippen LogP contribution in [0.5, 0.6) is 5.75 Å². The highest BCUT2D eigenvalue weighted by Gasteiger charge is 2.20. The van der Waals surface area contributed by atoms with Crippen molar-refractivity contribution in [3.05, 3.63) is 47.8 Å². The van der Waals surface area contributed by atoms with Gasteiger partial charge in [-0.05, 0) is 50.6 Å². The van der Waals surface area contributed by atoms with E-state index in [9.17, 15) is 4.79 Å². The molecule has 7 heteroatoms. The molecule has 3 heterocycles. The van der Waals surface area contributed by atoms with Gasteiger partial charge in [0.2, 0.25) is 0 Å². The summed E-state index contributed by atoms with van der Waals surface area (Å²) in [5.74, 6) is 0.756. The van der Waals surface area contributed by atoms with E-state index < -0.39 is 0 Å². The number of fused-ring (bicyclic) bond motifs is 2. The van der Waals surface area contributed by atoms with Gasteiger partial charge in [-0.25, -0.2) is 4.98 Å². The fraction of sp³-hybridized carbons (Fsp3) is 0.417. The van der Waals surface area contributed by atoms with Gasteiger partial charge in [-0.1, -0.05) is 13.0 Å². The van der Waals surface area contributed by atoms with Crippen LogP contribution in [0.15, 0.2) is 36.7 Å². The first-order valence-corrected chi connectivity index (χ1v) is 10.9. The number of carbonyl (C=O) groups excluding carboxylic acids is 1. The normalized spacial score (nSPS) is 16.0.